The highest BCUT2D eigenvalue weighted by atomic mass is 35.5. The van der Waals surface area contributed by atoms with Gasteiger partial charge < -0.3 is 11.1 Å². The highest BCUT2D eigenvalue weighted by molar-refractivity contribution is 6.30. The number of hydrogen-bond acceptors (Lipinski definition) is 3. The van der Waals surface area contributed by atoms with Crippen LogP contribution < -0.4 is 11.1 Å². The minimum atomic E-state index is -0.301. The van der Waals surface area contributed by atoms with Crippen LogP contribution in [0.4, 0.5) is 4.39 Å². The second-order valence-corrected chi connectivity index (χ2v) is 5.82. The van der Waals surface area contributed by atoms with Crippen molar-refractivity contribution in [3.05, 3.63) is 81.8 Å². The molecule has 2 aromatic carbocycles. The van der Waals surface area contributed by atoms with Crippen LogP contribution in [-0.4, -0.2) is 18.8 Å². The summed E-state index contributed by atoms with van der Waals surface area (Å²) in [6, 6.07) is 14.1. The lowest BCUT2D eigenvalue weighted by Crippen LogP contribution is -2.15. The molecule has 0 saturated carbocycles. The molecule has 2 aromatic rings. The topological polar surface area (TPSA) is 50.4 Å². The summed E-state index contributed by atoms with van der Waals surface area (Å²) >= 11 is 6.00. The number of hydrogen-bond donors (Lipinski definition) is 2. The van der Waals surface area contributed by atoms with E-state index in [4.69, 9.17) is 17.3 Å². The van der Waals surface area contributed by atoms with E-state index in [9.17, 15) is 4.39 Å². The number of nitrogens with two attached hydrogens (primary N) is 1. The van der Waals surface area contributed by atoms with Crippen LogP contribution in [0.2, 0.25) is 5.02 Å². The first-order valence-electron chi connectivity index (χ1n) is 7.37. The smallest absolute Gasteiger partial charge is 0.132 e. The van der Waals surface area contributed by atoms with Gasteiger partial charge in [0.05, 0.1) is 12.3 Å². The molecule has 118 valence electrons. The van der Waals surface area contributed by atoms with E-state index in [0.717, 1.165) is 11.1 Å². The summed E-state index contributed by atoms with van der Waals surface area (Å²) in [4.78, 5) is 4.64. The Balaban J connectivity index is 2.00. The number of benzene rings is 2. The Morgan fingerprint density at radius 1 is 1.17 bits per heavy atom. The maximum Gasteiger partial charge on any atom is 0.132 e. The molecular formula is C18H17ClFN3. The Hall–Kier alpha value is -2.17. The highest BCUT2D eigenvalue weighted by Crippen LogP contribution is 2.19. The molecule has 1 aliphatic heterocycles. The normalized spacial score (nSPS) is 15.3. The van der Waals surface area contributed by atoms with Crippen LogP contribution in [0.15, 0.2) is 64.8 Å². The lowest BCUT2D eigenvalue weighted by atomic mass is 10.0. The van der Waals surface area contributed by atoms with Crippen LogP contribution in [0.3, 0.4) is 0 Å². The molecule has 3 rings (SSSR count). The maximum absolute atomic E-state index is 14.2. The van der Waals surface area contributed by atoms with E-state index < -0.39 is 0 Å². The van der Waals surface area contributed by atoms with E-state index in [1.54, 1.807) is 18.2 Å². The lowest BCUT2D eigenvalue weighted by Gasteiger charge is -2.11. The van der Waals surface area contributed by atoms with Crippen molar-refractivity contribution in [2.45, 2.75) is 6.54 Å². The number of rotatable bonds is 4. The Labute approximate surface area is 139 Å². The van der Waals surface area contributed by atoms with Crippen LogP contribution in [0.5, 0.6) is 0 Å². The van der Waals surface area contributed by atoms with E-state index in [-0.39, 0.29) is 5.82 Å². The molecule has 1 heterocycles. The van der Waals surface area contributed by atoms with Crippen molar-refractivity contribution in [3.8, 4) is 0 Å². The lowest BCUT2D eigenvalue weighted by molar-refractivity contribution is 0.625. The Bertz CT molecular complexity index is 783. The number of halogens is 2. The summed E-state index contributed by atoms with van der Waals surface area (Å²) in [6.45, 7) is 1.61. The molecule has 3 nitrogen and oxygen atoms in total. The first-order valence-corrected chi connectivity index (χ1v) is 7.75. The largest absolute Gasteiger partial charge is 0.401 e. The Morgan fingerprint density at radius 3 is 2.70 bits per heavy atom. The molecule has 0 fully saturated rings. The van der Waals surface area contributed by atoms with Crippen LogP contribution in [0.1, 0.15) is 11.1 Å². The van der Waals surface area contributed by atoms with Gasteiger partial charge in [0.15, 0.2) is 0 Å². The molecular weight excluding hydrogens is 313 g/mol. The number of nitrogens with zero attached hydrogens (tertiary/aromatic N) is 1. The fourth-order valence-corrected chi connectivity index (χ4v) is 2.79. The molecule has 23 heavy (non-hydrogen) atoms. The van der Waals surface area contributed by atoms with Crippen LogP contribution in [0, 0.1) is 5.82 Å². The second-order valence-electron chi connectivity index (χ2n) is 5.38. The average molecular weight is 330 g/mol. The van der Waals surface area contributed by atoms with Crippen molar-refractivity contribution in [1.29, 1.82) is 0 Å². The zero-order chi connectivity index (χ0) is 16.2. The molecule has 3 N–H and O–H groups in total. The molecule has 0 bridgehead atoms. The highest BCUT2D eigenvalue weighted by Gasteiger charge is 2.20. The second kappa shape index (κ2) is 6.94. The average Bonchev–Trinajstić information content (AvgIpc) is 2.95. The van der Waals surface area contributed by atoms with Crippen LogP contribution in [0.25, 0.3) is 0 Å². The SMILES string of the molecule is NC1=C(C(=NCc2cccc(Cl)c2)c2ccccc2F)CNC1. The monoisotopic (exact) mass is 329 g/mol. The summed E-state index contributed by atoms with van der Waals surface area (Å²) in [6.07, 6.45) is 0. The van der Waals surface area contributed by atoms with Gasteiger partial charge in [0, 0.05) is 34.9 Å². The predicted octanol–water partition coefficient (Wildman–Crippen LogP) is 3.28. The van der Waals surface area contributed by atoms with Crippen LogP contribution in [-0.2, 0) is 6.54 Å². The van der Waals surface area contributed by atoms with Gasteiger partial charge in [-0.1, -0.05) is 35.9 Å². The Kier molecular flexibility index (Phi) is 4.74. The van der Waals surface area contributed by atoms with Gasteiger partial charge in [-0.05, 0) is 29.8 Å². The summed E-state index contributed by atoms with van der Waals surface area (Å²) < 4.78 is 14.2. The minimum Gasteiger partial charge on any atom is -0.401 e. The van der Waals surface area contributed by atoms with Gasteiger partial charge in [-0.15, -0.1) is 0 Å². The van der Waals surface area contributed by atoms with Crippen molar-refractivity contribution in [2.75, 3.05) is 13.1 Å². The van der Waals surface area contributed by atoms with Crippen LogP contribution >= 0.6 is 11.6 Å². The molecule has 0 atom stereocenters. The van der Waals surface area contributed by atoms with E-state index in [0.29, 0.717) is 41.6 Å². The zero-order valence-corrected chi connectivity index (χ0v) is 13.3. The Morgan fingerprint density at radius 2 is 2.00 bits per heavy atom. The fourth-order valence-electron chi connectivity index (χ4n) is 2.58. The third-order valence-electron chi connectivity index (χ3n) is 3.73. The minimum absolute atomic E-state index is 0.301. The van der Waals surface area contributed by atoms with Crippen molar-refractivity contribution < 1.29 is 4.39 Å². The van der Waals surface area contributed by atoms with Gasteiger partial charge in [-0.3, -0.25) is 4.99 Å². The van der Waals surface area contributed by atoms with Gasteiger partial charge in [-0.2, -0.15) is 0 Å². The molecule has 1 aliphatic rings. The first-order chi connectivity index (χ1) is 11.1. The molecule has 0 aliphatic carbocycles. The molecule has 0 amide bonds. The summed E-state index contributed by atoms with van der Waals surface area (Å²) in [7, 11) is 0. The van der Waals surface area contributed by atoms with Crippen molar-refractivity contribution in [1.82, 2.24) is 5.32 Å². The molecule has 0 radical (unpaired) electrons. The standard InChI is InChI=1S/C18H17ClFN3/c19-13-5-3-4-12(8-13)9-23-18(15-10-22-11-17(15)21)14-6-1-2-7-16(14)20/h1-8,22H,9-11,21H2. The van der Waals surface area contributed by atoms with Gasteiger partial charge in [0.1, 0.15) is 5.82 Å². The maximum atomic E-state index is 14.2. The van der Waals surface area contributed by atoms with E-state index >= 15 is 0 Å². The predicted molar refractivity (Wildman–Crippen MR) is 92.2 cm³/mol. The molecule has 0 spiro atoms. The zero-order valence-electron chi connectivity index (χ0n) is 12.5. The van der Waals surface area contributed by atoms with Gasteiger partial charge in [-0.25, -0.2) is 4.39 Å². The summed E-state index contributed by atoms with van der Waals surface area (Å²) in [5.74, 6) is -0.301. The van der Waals surface area contributed by atoms with Gasteiger partial charge >= 0.3 is 0 Å². The van der Waals surface area contributed by atoms with Crippen molar-refractivity contribution in [3.63, 3.8) is 0 Å². The van der Waals surface area contributed by atoms with Gasteiger partial charge in [0.25, 0.3) is 0 Å². The molecule has 0 unspecified atom stereocenters. The van der Waals surface area contributed by atoms with E-state index in [2.05, 4.69) is 10.3 Å². The molecule has 0 saturated heterocycles. The molecule has 5 heteroatoms. The van der Waals surface area contributed by atoms with Crippen molar-refractivity contribution >= 4 is 17.3 Å². The molecule has 0 aromatic heterocycles. The third-order valence-corrected chi connectivity index (χ3v) is 3.96. The number of nitrogens with one attached hydrogen (secondary N) is 1. The fraction of sp³-hybridized carbons (Fsp3) is 0.167. The van der Waals surface area contributed by atoms with E-state index in [1.807, 2.05) is 24.3 Å². The van der Waals surface area contributed by atoms with Crippen molar-refractivity contribution in [2.24, 2.45) is 10.7 Å². The number of aliphatic imine (C=N–C) groups is 1. The summed E-state index contributed by atoms with van der Waals surface area (Å²) in [5.41, 5.74) is 9.66. The quantitative estimate of drug-likeness (QED) is 0.846. The third kappa shape index (κ3) is 3.60. The van der Waals surface area contributed by atoms with E-state index in [1.165, 1.54) is 6.07 Å². The summed E-state index contributed by atoms with van der Waals surface area (Å²) in [5, 5.41) is 3.83. The first kappa shape index (κ1) is 15.7. The van der Waals surface area contributed by atoms with Gasteiger partial charge in [0.2, 0.25) is 0 Å².